The number of rotatable bonds is 3. The molecule has 3 aliphatic heterocycles. The summed E-state index contributed by atoms with van der Waals surface area (Å²) in [5.74, 6) is 3.46. The number of Topliss-reactive ketones (excluding diaryl/α,β-unsaturated/α-hetero) is 1. The van der Waals surface area contributed by atoms with Gasteiger partial charge in [0.05, 0.1) is 25.2 Å². The lowest BCUT2D eigenvalue weighted by Crippen LogP contribution is -2.76. The second-order valence-electron chi connectivity index (χ2n) is 16.7. The first-order valence-corrected chi connectivity index (χ1v) is 19.7. The lowest BCUT2D eigenvalue weighted by atomic mass is 9.49. The number of fused-ring (bicyclic) bond motifs is 1. The number of carbonyl (C=O) groups excluding carboxylic acids is 2. The van der Waals surface area contributed by atoms with Gasteiger partial charge in [-0.15, -0.1) is 0 Å². The van der Waals surface area contributed by atoms with E-state index in [0.29, 0.717) is 35.4 Å². The standard InChI is InChI=1S/C18H21NO4.C18H25NO.C8H9NO2/c1-19-8-7-17-14-10-3-4-12(22-2)15(14)23-16(17)11(20)5-6-18(17,21)13(19)9-10;1-19-10-9-18-8-4-3-5-15(18)17(19)11-13-6-7-14(20-2)12-16(13)18;1-6(10)9-7-2-4-8(11)5-3-7/h3-4,13,16,21H,5-9H2,1-2H3;6-7,12,15,17H,3-5,8-11H2,1-2H3;2-5,11H,1H3,(H,9,10)/t13-,16+,17+,18-;15-,17+,18+;/m11./s1. The van der Waals surface area contributed by atoms with E-state index in [1.165, 1.54) is 69.7 Å². The molecule has 288 valence electrons. The Balaban J connectivity index is 0.000000122. The first-order valence-electron chi connectivity index (χ1n) is 19.7. The fraction of sp³-hybridized carbons (Fsp3) is 0.545. The lowest BCUT2D eigenvalue weighted by molar-refractivity contribution is -0.185. The Morgan fingerprint density at radius 3 is 2.41 bits per heavy atom. The van der Waals surface area contributed by atoms with Gasteiger partial charge in [0.2, 0.25) is 5.91 Å². The van der Waals surface area contributed by atoms with Crippen molar-refractivity contribution in [1.29, 1.82) is 0 Å². The average Bonchev–Trinajstić information content (AvgIpc) is 3.54. The maximum absolute atomic E-state index is 12.7. The second kappa shape index (κ2) is 13.9. The first kappa shape index (κ1) is 36.8. The van der Waals surface area contributed by atoms with Gasteiger partial charge in [-0.05, 0) is 137 Å². The van der Waals surface area contributed by atoms with Crippen LogP contribution in [0.1, 0.15) is 80.5 Å². The third kappa shape index (κ3) is 5.62. The number of carbonyl (C=O) groups is 2. The molecule has 3 N–H and O–H groups in total. The van der Waals surface area contributed by atoms with Gasteiger partial charge in [-0.25, -0.2) is 0 Å². The number of piperidine rings is 2. The van der Waals surface area contributed by atoms with Crippen LogP contribution < -0.4 is 19.5 Å². The highest BCUT2D eigenvalue weighted by Crippen LogP contribution is 2.64. The number of aromatic hydroxyl groups is 1. The van der Waals surface area contributed by atoms with Crippen molar-refractivity contribution in [1.82, 2.24) is 9.80 Å². The molecule has 0 aromatic heterocycles. The van der Waals surface area contributed by atoms with E-state index in [0.717, 1.165) is 42.7 Å². The fourth-order valence-corrected chi connectivity index (χ4v) is 11.7. The number of benzene rings is 3. The summed E-state index contributed by atoms with van der Waals surface area (Å²) in [7, 11) is 7.82. The topological polar surface area (TPSA) is 121 Å². The Morgan fingerprint density at radius 2 is 1.67 bits per heavy atom. The van der Waals surface area contributed by atoms with E-state index >= 15 is 0 Å². The minimum absolute atomic E-state index is 0.0438. The second-order valence-corrected chi connectivity index (χ2v) is 16.7. The number of likely N-dealkylation sites (N-methyl/N-ethyl adjacent to an activating group) is 2. The molecule has 1 amide bonds. The van der Waals surface area contributed by atoms with E-state index in [2.05, 4.69) is 53.5 Å². The third-order valence-electron chi connectivity index (χ3n) is 14.2. The van der Waals surface area contributed by atoms with Crippen LogP contribution in [0, 0.1) is 5.92 Å². The molecule has 4 aliphatic carbocycles. The number of anilines is 1. The summed E-state index contributed by atoms with van der Waals surface area (Å²) in [5, 5.41) is 23.2. The SMILES string of the molecule is CC(=O)Nc1ccc(O)cc1.COc1ccc2c(c1)[C@]13CCCC[C@@H]1[C@H](C2)N(C)CC3.COc1ccc2c3c1O[C@H]1C(=O)CC[C@@]4(O)[C@@H](C2)N(C)CC[C@]314. The fourth-order valence-electron chi connectivity index (χ4n) is 11.7. The zero-order chi connectivity index (χ0) is 38.0. The molecule has 10 nitrogen and oxygen atoms in total. The van der Waals surface area contributed by atoms with Gasteiger partial charge in [-0.1, -0.05) is 25.0 Å². The predicted octanol–water partition coefficient (Wildman–Crippen LogP) is 5.78. The maximum Gasteiger partial charge on any atom is 0.221 e. The molecule has 4 fully saturated rings. The number of hydrogen-bond donors (Lipinski definition) is 3. The quantitative estimate of drug-likeness (QED) is 0.288. The Labute approximate surface area is 318 Å². The van der Waals surface area contributed by atoms with Crippen molar-refractivity contribution in [3.8, 4) is 23.0 Å². The van der Waals surface area contributed by atoms with Crippen LogP contribution in [0.4, 0.5) is 5.69 Å². The molecule has 10 heteroatoms. The summed E-state index contributed by atoms with van der Waals surface area (Å²) in [6.07, 6.45) is 10.1. The molecule has 2 saturated heterocycles. The van der Waals surface area contributed by atoms with E-state index in [9.17, 15) is 14.7 Å². The van der Waals surface area contributed by atoms with Crippen LogP contribution in [0.3, 0.4) is 0 Å². The Kier molecular flexibility index (Phi) is 9.46. The number of hydrogen-bond acceptors (Lipinski definition) is 9. The highest BCUT2D eigenvalue weighted by Gasteiger charge is 2.72. The van der Waals surface area contributed by atoms with Gasteiger partial charge in [0.1, 0.15) is 11.5 Å². The molecule has 4 bridgehead atoms. The van der Waals surface area contributed by atoms with E-state index in [1.807, 2.05) is 6.07 Å². The molecule has 3 aromatic rings. The highest BCUT2D eigenvalue weighted by molar-refractivity contribution is 5.90. The van der Waals surface area contributed by atoms with Crippen molar-refractivity contribution in [2.75, 3.05) is 46.7 Å². The number of phenols is 1. The number of nitrogens with zero attached hydrogens (tertiary/aromatic N) is 2. The van der Waals surface area contributed by atoms with Crippen LogP contribution >= 0.6 is 0 Å². The minimum atomic E-state index is -0.900. The molecule has 0 radical (unpaired) electrons. The van der Waals surface area contributed by atoms with Crippen LogP contribution in [0.2, 0.25) is 0 Å². The van der Waals surface area contributed by atoms with Gasteiger partial charge in [-0.2, -0.15) is 0 Å². The smallest absolute Gasteiger partial charge is 0.221 e. The van der Waals surface area contributed by atoms with Crippen molar-refractivity contribution in [3.05, 3.63) is 76.9 Å². The van der Waals surface area contributed by atoms with Crippen LogP contribution in [-0.4, -0.2) is 96.9 Å². The van der Waals surface area contributed by atoms with E-state index in [4.69, 9.17) is 19.3 Å². The van der Waals surface area contributed by atoms with E-state index in [-0.39, 0.29) is 23.5 Å². The molecule has 3 aromatic carbocycles. The Morgan fingerprint density at radius 1 is 0.907 bits per heavy atom. The molecule has 1 spiro atoms. The summed E-state index contributed by atoms with van der Waals surface area (Å²) in [4.78, 5) is 28.1. The summed E-state index contributed by atoms with van der Waals surface area (Å²) in [6.45, 7) is 3.57. The Hall–Kier alpha value is -4.12. The number of ether oxygens (including phenoxy) is 3. The number of likely N-dealkylation sites (tertiary alicyclic amines) is 2. The molecule has 7 atom stereocenters. The average molecular weight is 738 g/mol. The number of phenolic OH excluding ortho intramolecular Hbond substituents is 1. The zero-order valence-electron chi connectivity index (χ0n) is 32.3. The summed E-state index contributed by atoms with van der Waals surface area (Å²) < 4.78 is 17.1. The molecular formula is C44H55N3O7. The normalized spacial score (nSPS) is 32.5. The molecule has 2 saturated carbocycles. The number of amides is 1. The number of aliphatic hydroxyl groups is 1. The molecule has 7 aliphatic rings. The van der Waals surface area contributed by atoms with Crippen LogP contribution in [0.5, 0.6) is 23.0 Å². The number of nitrogens with one attached hydrogen (secondary N) is 1. The summed E-state index contributed by atoms with van der Waals surface area (Å²) in [6, 6.07) is 18.0. The zero-order valence-corrected chi connectivity index (χ0v) is 32.3. The summed E-state index contributed by atoms with van der Waals surface area (Å²) >= 11 is 0. The van der Waals surface area contributed by atoms with Crippen molar-refractivity contribution >= 4 is 17.4 Å². The van der Waals surface area contributed by atoms with Crippen molar-refractivity contribution in [2.45, 2.75) is 106 Å². The molecular weight excluding hydrogens is 682 g/mol. The molecule has 3 heterocycles. The van der Waals surface area contributed by atoms with Crippen molar-refractivity contribution in [3.63, 3.8) is 0 Å². The van der Waals surface area contributed by atoms with Gasteiger partial charge in [0.25, 0.3) is 0 Å². The minimum Gasteiger partial charge on any atom is -0.508 e. The van der Waals surface area contributed by atoms with Crippen LogP contribution in [0.15, 0.2) is 54.6 Å². The Bertz CT molecular complexity index is 1930. The maximum atomic E-state index is 12.7. The number of ketones is 1. The highest BCUT2D eigenvalue weighted by atomic mass is 16.5. The van der Waals surface area contributed by atoms with Gasteiger partial charge >= 0.3 is 0 Å². The van der Waals surface area contributed by atoms with Gasteiger partial charge in [-0.3, -0.25) is 9.59 Å². The molecule has 10 rings (SSSR count). The van der Waals surface area contributed by atoms with E-state index < -0.39 is 17.1 Å². The van der Waals surface area contributed by atoms with Gasteiger partial charge in [0.15, 0.2) is 23.4 Å². The third-order valence-corrected chi connectivity index (χ3v) is 14.2. The lowest BCUT2D eigenvalue weighted by Gasteiger charge is -2.62. The molecule has 54 heavy (non-hydrogen) atoms. The number of methoxy groups -OCH3 is 2. The monoisotopic (exact) mass is 737 g/mol. The van der Waals surface area contributed by atoms with E-state index in [1.54, 1.807) is 37.5 Å². The van der Waals surface area contributed by atoms with Crippen LogP contribution in [0.25, 0.3) is 0 Å². The predicted molar refractivity (Wildman–Crippen MR) is 207 cm³/mol. The first-order chi connectivity index (χ1) is 26.0. The summed E-state index contributed by atoms with van der Waals surface area (Å²) in [5.41, 5.74) is 5.10. The molecule has 0 unspecified atom stereocenters. The van der Waals surface area contributed by atoms with Gasteiger partial charge < -0.3 is 39.5 Å². The van der Waals surface area contributed by atoms with Crippen LogP contribution in [-0.2, 0) is 33.3 Å². The van der Waals surface area contributed by atoms with Gasteiger partial charge in [0, 0.05) is 42.1 Å². The van der Waals surface area contributed by atoms with Crippen molar-refractivity contribution in [2.24, 2.45) is 5.92 Å². The largest absolute Gasteiger partial charge is 0.508 e. The van der Waals surface area contributed by atoms with Crippen molar-refractivity contribution < 1.29 is 34.0 Å².